The molecule has 0 bridgehead atoms. The Morgan fingerprint density at radius 1 is 0.824 bits per heavy atom. The first-order chi connectivity index (χ1) is 7.99. The molecule has 0 saturated heterocycles. The lowest BCUT2D eigenvalue weighted by Crippen LogP contribution is -1.91. The number of anilines is 1. The molecule has 0 aliphatic carbocycles. The van der Waals surface area contributed by atoms with Crippen LogP contribution in [0, 0.1) is 0 Å². The summed E-state index contributed by atoms with van der Waals surface area (Å²) < 4.78 is 0. The normalized spacial score (nSPS) is 10.6. The van der Waals surface area contributed by atoms with Crippen molar-refractivity contribution in [3.63, 3.8) is 0 Å². The monoisotopic (exact) mass is 306 g/mol. The zero-order valence-electron chi connectivity index (χ0n) is 8.35. The van der Waals surface area contributed by atoms with Gasteiger partial charge in [-0.25, -0.2) is 4.98 Å². The van der Waals surface area contributed by atoms with Crippen molar-refractivity contribution >= 4 is 52.2 Å². The molecule has 2 nitrogen and oxygen atoms in total. The fourth-order valence-electron chi connectivity index (χ4n) is 1.34. The molecule has 2 rings (SSSR count). The van der Waals surface area contributed by atoms with E-state index in [1.807, 2.05) is 0 Å². The molecular weight excluding hydrogens is 302 g/mol. The van der Waals surface area contributed by atoms with Gasteiger partial charge >= 0.3 is 0 Å². The van der Waals surface area contributed by atoms with E-state index in [-0.39, 0.29) is 5.82 Å². The third-order valence-corrected chi connectivity index (χ3v) is 3.53. The van der Waals surface area contributed by atoms with E-state index in [0.717, 1.165) is 5.56 Å². The quantitative estimate of drug-likeness (QED) is 0.757. The van der Waals surface area contributed by atoms with Gasteiger partial charge in [0, 0.05) is 17.3 Å². The van der Waals surface area contributed by atoms with Gasteiger partial charge in [0.1, 0.15) is 5.82 Å². The number of benzene rings is 1. The molecule has 0 saturated carbocycles. The van der Waals surface area contributed by atoms with Crippen molar-refractivity contribution in [2.75, 3.05) is 5.73 Å². The second-order valence-corrected chi connectivity index (χ2v) is 4.97. The van der Waals surface area contributed by atoms with Crippen LogP contribution in [0.4, 0.5) is 5.82 Å². The average Bonchev–Trinajstić information content (AvgIpc) is 2.27. The largest absolute Gasteiger partial charge is 0.382 e. The number of rotatable bonds is 1. The molecule has 0 amide bonds. The van der Waals surface area contributed by atoms with Gasteiger partial charge in [-0.05, 0) is 18.2 Å². The minimum Gasteiger partial charge on any atom is -0.382 e. The highest BCUT2D eigenvalue weighted by Crippen LogP contribution is 2.36. The highest BCUT2D eigenvalue weighted by atomic mass is 35.5. The molecule has 0 atom stereocenters. The number of halogens is 4. The number of hydrogen-bond acceptors (Lipinski definition) is 2. The van der Waals surface area contributed by atoms with Crippen LogP contribution in [-0.2, 0) is 0 Å². The maximum absolute atomic E-state index is 6.08. The minimum absolute atomic E-state index is 0.270. The lowest BCUT2D eigenvalue weighted by molar-refractivity contribution is 1.34. The molecule has 17 heavy (non-hydrogen) atoms. The molecule has 0 fully saturated rings. The standard InChI is InChI=1S/C11H6Cl4N2/c12-7-3-9(14)8(13)2-6(7)5-1-10(15)11(16)17-4-5/h1-4H,(H2,16,17). The van der Waals surface area contributed by atoms with Crippen LogP contribution in [0.2, 0.25) is 20.1 Å². The maximum atomic E-state index is 6.08. The van der Waals surface area contributed by atoms with Crippen molar-refractivity contribution < 1.29 is 0 Å². The van der Waals surface area contributed by atoms with Gasteiger partial charge in [-0.15, -0.1) is 0 Å². The molecule has 1 aromatic carbocycles. The van der Waals surface area contributed by atoms with E-state index in [9.17, 15) is 0 Å². The van der Waals surface area contributed by atoms with E-state index in [1.165, 1.54) is 0 Å². The summed E-state index contributed by atoms with van der Waals surface area (Å²) in [5.74, 6) is 0.270. The molecular formula is C11H6Cl4N2. The van der Waals surface area contributed by atoms with Crippen LogP contribution in [0.1, 0.15) is 0 Å². The average molecular weight is 308 g/mol. The Kier molecular flexibility index (Phi) is 3.69. The van der Waals surface area contributed by atoms with Gasteiger partial charge < -0.3 is 5.73 Å². The van der Waals surface area contributed by atoms with Gasteiger partial charge in [-0.2, -0.15) is 0 Å². The van der Waals surface area contributed by atoms with E-state index in [1.54, 1.807) is 24.4 Å². The fourth-order valence-corrected chi connectivity index (χ4v) is 2.16. The van der Waals surface area contributed by atoms with Crippen LogP contribution in [-0.4, -0.2) is 4.98 Å². The summed E-state index contributed by atoms with van der Waals surface area (Å²) >= 11 is 23.8. The predicted octanol–water partition coefficient (Wildman–Crippen LogP) is 4.94. The summed E-state index contributed by atoms with van der Waals surface area (Å²) in [4.78, 5) is 3.96. The summed E-state index contributed by atoms with van der Waals surface area (Å²) in [6.45, 7) is 0. The van der Waals surface area contributed by atoms with Crippen molar-refractivity contribution in [1.82, 2.24) is 4.98 Å². The summed E-state index contributed by atoms with van der Waals surface area (Å²) in [7, 11) is 0. The van der Waals surface area contributed by atoms with E-state index >= 15 is 0 Å². The number of nitrogens with two attached hydrogens (primary N) is 1. The SMILES string of the molecule is Nc1ncc(-c2cc(Cl)c(Cl)cc2Cl)cc1Cl. The number of hydrogen-bond donors (Lipinski definition) is 1. The van der Waals surface area contributed by atoms with Gasteiger partial charge in [-0.1, -0.05) is 46.4 Å². The number of pyridine rings is 1. The topological polar surface area (TPSA) is 38.9 Å². The Labute approximate surface area is 118 Å². The van der Waals surface area contributed by atoms with Gasteiger partial charge in [0.2, 0.25) is 0 Å². The maximum Gasteiger partial charge on any atom is 0.142 e. The Morgan fingerprint density at radius 2 is 1.47 bits per heavy atom. The smallest absolute Gasteiger partial charge is 0.142 e. The first-order valence-electron chi connectivity index (χ1n) is 4.55. The van der Waals surface area contributed by atoms with Crippen molar-refractivity contribution in [3.8, 4) is 11.1 Å². The van der Waals surface area contributed by atoms with Crippen LogP contribution in [0.25, 0.3) is 11.1 Å². The molecule has 0 aliphatic heterocycles. The molecule has 0 radical (unpaired) electrons. The lowest BCUT2D eigenvalue weighted by atomic mass is 10.1. The first-order valence-corrected chi connectivity index (χ1v) is 6.06. The van der Waals surface area contributed by atoms with E-state index in [4.69, 9.17) is 52.1 Å². The summed E-state index contributed by atoms with van der Waals surface area (Å²) in [6, 6.07) is 4.91. The minimum atomic E-state index is 0.270. The molecule has 2 aromatic rings. The second kappa shape index (κ2) is 4.91. The van der Waals surface area contributed by atoms with Gasteiger partial charge in [0.15, 0.2) is 0 Å². The molecule has 2 N–H and O–H groups in total. The Balaban J connectivity index is 2.60. The number of nitrogen functional groups attached to an aromatic ring is 1. The van der Waals surface area contributed by atoms with Crippen molar-refractivity contribution in [2.45, 2.75) is 0 Å². The summed E-state index contributed by atoms with van der Waals surface area (Å²) in [5, 5.41) is 1.65. The van der Waals surface area contributed by atoms with E-state index in [2.05, 4.69) is 4.98 Å². The van der Waals surface area contributed by atoms with Crippen molar-refractivity contribution in [1.29, 1.82) is 0 Å². The Hall–Kier alpha value is -0.670. The fraction of sp³-hybridized carbons (Fsp3) is 0. The van der Waals surface area contributed by atoms with Gasteiger partial charge in [-0.3, -0.25) is 0 Å². The zero-order valence-corrected chi connectivity index (χ0v) is 11.4. The summed E-state index contributed by atoms with van der Waals surface area (Å²) in [6.07, 6.45) is 1.58. The van der Waals surface area contributed by atoms with Crippen LogP contribution in [0.5, 0.6) is 0 Å². The third-order valence-electron chi connectivity index (χ3n) is 2.19. The van der Waals surface area contributed by atoms with Crippen molar-refractivity contribution in [3.05, 3.63) is 44.5 Å². The zero-order chi connectivity index (χ0) is 12.6. The molecule has 1 aromatic heterocycles. The molecule has 0 spiro atoms. The van der Waals surface area contributed by atoms with E-state index < -0.39 is 0 Å². The highest BCUT2D eigenvalue weighted by Gasteiger charge is 2.10. The number of aromatic nitrogens is 1. The molecule has 6 heteroatoms. The number of nitrogens with zero attached hydrogens (tertiary/aromatic N) is 1. The van der Waals surface area contributed by atoms with Gasteiger partial charge in [0.05, 0.1) is 20.1 Å². The Morgan fingerprint density at radius 3 is 2.12 bits per heavy atom. The van der Waals surface area contributed by atoms with Crippen LogP contribution in [0.15, 0.2) is 24.4 Å². The summed E-state index contributed by atoms with van der Waals surface area (Å²) in [5.41, 5.74) is 6.97. The Bertz CT molecular complexity index is 584. The van der Waals surface area contributed by atoms with Crippen molar-refractivity contribution in [2.24, 2.45) is 0 Å². The molecule has 0 unspecified atom stereocenters. The molecule has 0 aliphatic rings. The highest BCUT2D eigenvalue weighted by molar-refractivity contribution is 6.44. The van der Waals surface area contributed by atoms with Crippen LogP contribution >= 0.6 is 46.4 Å². The third kappa shape index (κ3) is 2.61. The lowest BCUT2D eigenvalue weighted by Gasteiger charge is -2.07. The second-order valence-electron chi connectivity index (χ2n) is 3.34. The van der Waals surface area contributed by atoms with Crippen LogP contribution in [0.3, 0.4) is 0 Å². The van der Waals surface area contributed by atoms with Crippen LogP contribution < -0.4 is 5.73 Å². The van der Waals surface area contributed by atoms with E-state index in [0.29, 0.717) is 25.7 Å². The molecule has 88 valence electrons. The predicted molar refractivity (Wildman–Crippen MR) is 74.1 cm³/mol. The molecule has 1 heterocycles. The van der Waals surface area contributed by atoms with Gasteiger partial charge in [0.25, 0.3) is 0 Å². The first kappa shape index (κ1) is 12.8.